The summed E-state index contributed by atoms with van der Waals surface area (Å²) in [5, 5.41) is 7.12. The number of benzene rings is 1. The van der Waals surface area contributed by atoms with Crippen LogP contribution in [0.4, 0.5) is 18.9 Å². The Labute approximate surface area is 174 Å². The third kappa shape index (κ3) is 4.91. The molecule has 3 aliphatic rings. The van der Waals surface area contributed by atoms with Crippen LogP contribution in [0.3, 0.4) is 0 Å². The summed E-state index contributed by atoms with van der Waals surface area (Å²) in [5.74, 6) is -1.66. The third-order valence-corrected chi connectivity index (χ3v) is 7.89. The van der Waals surface area contributed by atoms with Crippen molar-refractivity contribution in [1.82, 2.24) is 4.90 Å². The van der Waals surface area contributed by atoms with E-state index in [4.69, 9.17) is 9.90 Å². The van der Waals surface area contributed by atoms with Crippen molar-refractivity contribution in [3.05, 3.63) is 29.8 Å². The average Bonchev–Trinajstić information content (AvgIpc) is 3.45. The Kier molecular flexibility index (Phi) is 6.38. The number of piperidine rings is 1. The van der Waals surface area contributed by atoms with Crippen LogP contribution in [0.2, 0.25) is 0 Å². The standard InChI is InChI=1S/C18H26N2O2S.C2HF3O2/c1-2-23(21,22)20-14-18(16-5-3-4-6-17(16)20)9-11-19(12-10-18)13-15-7-8-15;3-2(4,5)1(6)7/h3-6,15H,2,7-14H2,1H3;(H,6,7). The van der Waals surface area contributed by atoms with Gasteiger partial charge in [-0.15, -0.1) is 0 Å². The summed E-state index contributed by atoms with van der Waals surface area (Å²) in [6, 6.07) is 8.14. The Morgan fingerprint density at radius 2 is 1.77 bits per heavy atom. The van der Waals surface area contributed by atoms with Crippen molar-refractivity contribution < 1.29 is 31.5 Å². The predicted octanol–water partition coefficient (Wildman–Crippen LogP) is 3.23. The highest BCUT2D eigenvalue weighted by Gasteiger charge is 2.47. The highest BCUT2D eigenvalue weighted by Crippen LogP contribution is 2.48. The molecule has 1 saturated carbocycles. The minimum absolute atomic E-state index is 0.0267. The molecule has 0 bridgehead atoms. The van der Waals surface area contributed by atoms with E-state index in [0.717, 1.165) is 37.5 Å². The van der Waals surface area contributed by atoms with Gasteiger partial charge < -0.3 is 10.0 Å². The number of carboxylic acids is 1. The molecule has 2 heterocycles. The van der Waals surface area contributed by atoms with E-state index in [0.29, 0.717) is 6.54 Å². The van der Waals surface area contributed by atoms with Crippen molar-refractivity contribution in [2.75, 3.05) is 36.2 Å². The lowest BCUT2D eigenvalue weighted by atomic mass is 9.74. The fourth-order valence-corrected chi connectivity index (χ4v) is 5.46. The molecule has 10 heteroatoms. The Balaban J connectivity index is 0.000000318. The molecule has 1 N–H and O–H groups in total. The van der Waals surface area contributed by atoms with Crippen molar-refractivity contribution in [3.8, 4) is 0 Å². The summed E-state index contributed by atoms with van der Waals surface area (Å²) in [6.07, 6.45) is -0.140. The van der Waals surface area contributed by atoms with Crippen LogP contribution in [0.1, 0.15) is 38.2 Å². The molecule has 1 saturated heterocycles. The number of carboxylic acid groups (broad SMARTS) is 1. The summed E-state index contributed by atoms with van der Waals surface area (Å²) in [6.45, 7) is 5.82. The Hall–Kier alpha value is -1.81. The number of aliphatic carboxylic acids is 1. The fourth-order valence-electron chi connectivity index (χ4n) is 4.25. The van der Waals surface area contributed by atoms with Crippen LogP contribution in [0, 0.1) is 5.92 Å². The zero-order valence-corrected chi connectivity index (χ0v) is 17.7. The number of likely N-dealkylation sites (tertiary alicyclic amines) is 1. The molecule has 1 spiro atoms. The van der Waals surface area contributed by atoms with Gasteiger partial charge in [0.2, 0.25) is 10.0 Å². The van der Waals surface area contributed by atoms with Gasteiger partial charge in [-0.3, -0.25) is 4.31 Å². The maximum atomic E-state index is 12.5. The number of alkyl halides is 3. The Morgan fingerprint density at radius 3 is 2.27 bits per heavy atom. The summed E-state index contributed by atoms with van der Waals surface area (Å²) in [5.41, 5.74) is 2.20. The molecule has 0 unspecified atom stereocenters. The van der Waals surface area contributed by atoms with Gasteiger partial charge in [-0.1, -0.05) is 18.2 Å². The SMILES string of the molecule is CCS(=O)(=O)N1CC2(CCN(CC3CC3)CC2)c2ccccc21.O=C(O)C(F)(F)F. The molecule has 2 fully saturated rings. The quantitative estimate of drug-likeness (QED) is 0.765. The van der Waals surface area contributed by atoms with Crippen molar-refractivity contribution in [2.45, 2.75) is 44.2 Å². The van der Waals surface area contributed by atoms with Crippen LogP contribution in [0.5, 0.6) is 0 Å². The molecular weight excluding hydrogens is 421 g/mol. The zero-order chi connectivity index (χ0) is 22.2. The molecule has 1 aromatic rings. The first-order valence-corrected chi connectivity index (χ1v) is 11.7. The average molecular weight is 449 g/mol. The Bertz CT molecular complexity index is 876. The number of carbonyl (C=O) groups is 1. The van der Waals surface area contributed by atoms with Crippen LogP contribution >= 0.6 is 0 Å². The molecule has 1 aromatic carbocycles. The van der Waals surface area contributed by atoms with E-state index in [-0.39, 0.29) is 11.2 Å². The minimum Gasteiger partial charge on any atom is -0.475 e. The number of halogens is 3. The molecular formula is C20H27F3N2O4S. The van der Waals surface area contributed by atoms with Gasteiger partial charge in [0.1, 0.15) is 0 Å². The first kappa shape index (κ1) is 22.9. The molecule has 2 aliphatic heterocycles. The van der Waals surface area contributed by atoms with Crippen molar-refractivity contribution in [1.29, 1.82) is 0 Å². The van der Waals surface area contributed by atoms with Gasteiger partial charge in [0.25, 0.3) is 0 Å². The van der Waals surface area contributed by atoms with Gasteiger partial charge in [0, 0.05) is 18.5 Å². The van der Waals surface area contributed by atoms with Gasteiger partial charge in [0.15, 0.2) is 0 Å². The number of para-hydroxylation sites is 1. The highest BCUT2D eigenvalue weighted by molar-refractivity contribution is 7.92. The second kappa shape index (κ2) is 8.37. The van der Waals surface area contributed by atoms with Crippen LogP contribution in [0.15, 0.2) is 24.3 Å². The summed E-state index contributed by atoms with van der Waals surface area (Å²) < 4.78 is 58.5. The number of hydrogen-bond donors (Lipinski definition) is 1. The van der Waals surface area contributed by atoms with Crippen molar-refractivity contribution in [2.24, 2.45) is 5.92 Å². The molecule has 168 valence electrons. The van der Waals surface area contributed by atoms with Crippen LogP contribution in [-0.2, 0) is 20.2 Å². The largest absolute Gasteiger partial charge is 0.490 e. The molecule has 1 aliphatic carbocycles. The van der Waals surface area contributed by atoms with Crippen LogP contribution in [0.25, 0.3) is 0 Å². The Morgan fingerprint density at radius 1 is 1.20 bits per heavy atom. The van der Waals surface area contributed by atoms with Gasteiger partial charge in [-0.05, 0) is 63.2 Å². The number of anilines is 1. The first-order chi connectivity index (χ1) is 14.0. The molecule has 6 nitrogen and oxygen atoms in total. The molecule has 30 heavy (non-hydrogen) atoms. The van der Waals surface area contributed by atoms with Crippen LogP contribution in [-0.4, -0.2) is 62.5 Å². The number of nitrogens with zero attached hydrogens (tertiary/aromatic N) is 2. The van der Waals surface area contributed by atoms with E-state index >= 15 is 0 Å². The van der Waals surface area contributed by atoms with Crippen molar-refractivity contribution >= 4 is 21.7 Å². The summed E-state index contributed by atoms with van der Waals surface area (Å²) >= 11 is 0. The molecule has 0 atom stereocenters. The van der Waals surface area contributed by atoms with E-state index in [2.05, 4.69) is 17.0 Å². The predicted molar refractivity (Wildman–Crippen MR) is 107 cm³/mol. The first-order valence-electron chi connectivity index (χ1n) is 10.1. The second-order valence-electron chi connectivity index (χ2n) is 8.25. The maximum Gasteiger partial charge on any atom is 0.490 e. The number of fused-ring (bicyclic) bond motifs is 2. The second-order valence-corrected chi connectivity index (χ2v) is 10.4. The summed E-state index contributed by atoms with van der Waals surface area (Å²) in [7, 11) is -3.19. The number of rotatable bonds is 4. The fraction of sp³-hybridized carbons (Fsp3) is 0.650. The van der Waals surface area contributed by atoms with Crippen molar-refractivity contribution in [3.63, 3.8) is 0 Å². The molecule has 0 amide bonds. The van der Waals surface area contributed by atoms with Gasteiger partial charge >= 0.3 is 12.1 Å². The minimum atomic E-state index is -5.08. The van der Waals surface area contributed by atoms with Gasteiger partial charge in [0.05, 0.1) is 11.4 Å². The van der Waals surface area contributed by atoms with E-state index < -0.39 is 22.2 Å². The lowest BCUT2D eigenvalue weighted by Crippen LogP contribution is -2.46. The smallest absolute Gasteiger partial charge is 0.475 e. The van der Waals surface area contributed by atoms with E-state index in [1.807, 2.05) is 12.1 Å². The lowest BCUT2D eigenvalue weighted by molar-refractivity contribution is -0.192. The summed E-state index contributed by atoms with van der Waals surface area (Å²) in [4.78, 5) is 11.5. The van der Waals surface area contributed by atoms with Crippen LogP contribution < -0.4 is 4.31 Å². The molecule has 0 aromatic heterocycles. The van der Waals surface area contributed by atoms with E-state index in [1.54, 1.807) is 11.2 Å². The molecule has 0 radical (unpaired) electrons. The number of hydrogen-bond acceptors (Lipinski definition) is 4. The third-order valence-electron chi connectivity index (χ3n) is 6.16. The van der Waals surface area contributed by atoms with E-state index in [9.17, 15) is 21.6 Å². The lowest BCUT2D eigenvalue weighted by Gasteiger charge is -2.40. The van der Waals surface area contributed by atoms with Gasteiger partial charge in [-0.25, -0.2) is 13.2 Å². The topological polar surface area (TPSA) is 77.9 Å². The van der Waals surface area contributed by atoms with Gasteiger partial charge in [-0.2, -0.15) is 13.2 Å². The molecule has 4 rings (SSSR count). The monoisotopic (exact) mass is 448 g/mol. The zero-order valence-electron chi connectivity index (χ0n) is 16.9. The maximum absolute atomic E-state index is 12.5. The van der Waals surface area contributed by atoms with E-state index in [1.165, 1.54) is 24.9 Å². The normalized spacial score (nSPS) is 21.1. The number of sulfonamides is 1. The highest BCUT2D eigenvalue weighted by atomic mass is 32.2.